The summed E-state index contributed by atoms with van der Waals surface area (Å²) in [5, 5.41) is 0.354. The Hall–Kier alpha value is -2.63. The summed E-state index contributed by atoms with van der Waals surface area (Å²) in [5.41, 5.74) is -0.260. The van der Waals surface area contributed by atoms with Gasteiger partial charge in [0.2, 0.25) is 11.1 Å². The first kappa shape index (κ1) is 15.3. The van der Waals surface area contributed by atoms with E-state index < -0.39 is 0 Å². The van der Waals surface area contributed by atoms with Crippen LogP contribution in [0.15, 0.2) is 32.2 Å². The number of rotatable bonds is 4. The molecule has 0 fully saturated rings. The lowest BCUT2D eigenvalue weighted by atomic mass is 10.2. The SMILES string of the molecule is CCCCn1c(C)nc2oc3cc(OC)ccc3c(=O)c2c1=O. The van der Waals surface area contributed by atoms with Crippen molar-refractivity contribution in [3.63, 3.8) is 0 Å². The Morgan fingerprint density at radius 2 is 2.09 bits per heavy atom. The molecule has 0 saturated carbocycles. The number of unbranched alkanes of at least 4 members (excludes halogenated alkanes) is 1. The highest BCUT2D eigenvalue weighted by Crippen LogP contribution is 2.21. The van der Waals surface area contributed by atoms with Crippen molar-refractivity contribution in [3.8, 4) is 5.75 Å². The first-order valence-corrected chi connectivity index (χ1v) is 7.58. The molecule has 0 unspecified atom stereocenters. The van der Waals surface area contributed by atoms with Crippen LogP contribution in [0.25, 0.3) is 22.1 Å². The Bertz CT molecular complexity index is 1000. The van der Waals surface area contributed by atoms with E-state index in [1.807, 2.05) is 6.92 Å². The Morgan fingerprint density at radius 1 is 1.30 bits per heavy atom. The fraction of sp³-hybridized carbons (Fsp3) is 0.353. The average Bonchev–Trinajstić information content (AvgIpc) is 2.53. The molecule has 120 valence electrons. The van der Waals surface area contributed by atoms with E-state index in [1.54, 1.807) is 25.1 Å². The van der Waals surface area contributed by atoms with E-state index in [1.165, 1.54) is 11.7 Å². The van der Waals surface area contributed by atoms with Gasteiger partial charge >= 0.3 is 0 Å². The van der Waals surface area contributed by atoms with E-state index in [0.29, 0.717) is 29.1 Å². The first-order chi connectivity index (χ1) is 11.1. The molecule has 0 bridgehead atoms. The monoisotopic (exact) mass is 314 g/mol. The van der Waals surface area contributed by atoms with Crippen LogP contribution in [-0.4, -0.2) is 16.7 Å². The van der Waals surface area contributed by atoms with Crippen molar-refractivity contribution in [2.24, 2.45) is 0 Å². The summed E-state index contributed by atoms with van der Waals surface area (Å²) >= 11 is 0. The quantitative estimate of drug-likeness (QED) is 0.692. The number of benzene rings is 1. The first-order valence-electron chi connectivity index (χ1n) is 7.58. The second-order valence-electron chi connectivity index (χ2n) is 5.44. The molecule has 0 aliphatic heterocycles. The van der Waals surface area contributed by atoms with E-state index in [-0.39, 0.29) is 22.1 Å². The Balaban J connectivity index is 2.37. The van der Waals surface area contributed by atoms with Gasteiger partial charge in [0.1, 0.15) is 17.2 Å². The number of aromatic nitrogens is 2. The number of ether oxygens (including phenoxy) is 1. The normalized spacial score (nSPS) is 11.3. The maximum atomic E-state index is 12.7. The van der Waals surface area contributed by atoms with Gasteiger partial charge in [0.25, 0.3) is 5.56 Å². The molecule has 6 heteroatoms. The van der Waals surface area contributed by atoms with Gasteiger partial charge in [-0.05, 0) is 25.5 Å². The third-order valence-electron chi connectivity index (χ3n) is 3.93. The molecular weight excluding hydrogens is 296 g/mol. The van der Waals surface area contributed by atoms with Crippen molar-refractivity contribution in [3.05, 3.63) is 44.6 Å². The van der Waals surface area contributed by atoms with Crippen molar-refractivity contribution in [1.29, 1.82) is 0 Å². The number of aryl methyl sites for hydroxylation is 1. The molecular formula is C17H18N2O4. The number of methoxy groups -OCH3 is 1. The number of hydrogen-bond donors (Lipinski definition) is 0. The van der Waals surface area contributed by atoms with Crippen molar-refractivity contribution < 1.29 is 9.15 Å². The minimum atomic E-state index is -0.355. The highest BCUT2D eigenvalue weighted by molar-refractivity contribution is 5.88. The lowest BCUT2D eigenvalue weighted by molar-refractivity contribution is 0.414. The molecule has 0 spiro atoms. The van der Waals surface area contributed by atoms with Gasteiger partial charge in [0, 0.05) is 12.6 Å². The van der Waals surface area contributed by atoms with Gasteiger partial charge < -0.3 is 9.15 Å². The maximum Gasteiger partial charge on any atom is 0.268 e. The predicted molar refractivity (Wildman–Crippen MR) is 88.2 cm³/mol. The molecule has 0 aliphatic rings. The standard InChI is InChI=1S/C17H18N2O4/c1-4-5-8-19-10(2)18-16-14(17(19)21)15(20)12-7-6-11(22-3)9-13(12)23-16/h6-7,9H,4-5,8H2,1-3H3. The minimum absolute atomic E-state index is 0.00405. The number of nitrogens with zero attached hydrogens (tertiary/aromatic N) is 2. The third kappa shape index (κ3) is 2.50. The van der Waals surface area contributed by atoms with E-state index >= 15 is 0 Å². The molecule has 0 amide bonds. The van der Waals surface area contributed by atoms with Crippen LogP contribution in [0.3, 0.4) is 0 Å². The number of hydrogen-bond acceptors (Lipinski definition) is 5. The average molecular weight is 314 g/mol. The van der Waals surface area contributed by atoms with E-state index in [0.717, 1.165) is 12.8 Å². The summed E-state index contributed by atoms with van der Waals surface area (Å²) in [5.74, 6) is 1.12. The van der Waals surface area contributed by atoms with Crippen molar-refractivity contribution in [1.82, 2.24) is 9.55 Å². The molecule has 0 saturated heterocycles. The molecule has 6 nitrogen and oxygen atoms in total. The molecule has 0 N–H and O–H groups in total. The fourth-order valence-corrected chi connectivity index (χ4v) is 2.62. The second-order valence-corrected chi connectivity index (χ2v) is 5.44. The summed E-state index contributed by atoms with van der Waals surface area (Å²) in [4.78, 5) is 29.7. The third-order valence-corrected chi connectivity index (χ3v) is 3.93. The topological polar surface area (TPSA) is 74.3 Å². The number of fused-ring (bicyclic) bond motifs is 2. The van der Waals surface area contributed by atoms with Crippen LogP contribution < -0.4 is 15.7 Å². The maximum absolute atomic E-state index is 12.7. The van der Waals surface area contributed by atoms with E-state index in [2.05, 4.69) is 4.98 Å². The Labute approximate surface area is 132 Å². The lowest BCUT2D eigenvalue weighted by Gasteiger charge is -2.10. The minimum Gasteiger partial charge on any atom is -0.497 e. The van der Waals surface area contributed by atoms with E-state index in [4.69, 9.17) is 9.15 Å². The van der Waals surface area contributed by atoms with Crippen LogP contribution in [0.4, 0.5) is 0 Å². The highest BCUT2D eigenvalue weighted by atomic mass is 16.5. The highest BCUT2D eigenvalue weighted by Gasteiger charge is 2.16. The largest absolute Gasteiger partial charge is 0.497 e. The second kappa shape index (κ2) is 5.87. The molecule has 2 heterocycles. The summed E-state index contributed by atoms with van der Waals surface area (Å²) in [6, 6.07) is 4.90. The van der Waals surface area contributed by atoms with Crippen LogP contribution in [0.1, 0.15) is 25.6 Å². The summed E-state index contributed by atoms with van der Waals surface area (Å²) in [6.45, 7) is 4.33. The van der Waals surface area contributed by atoms with Crippen LogP contribution >= 0.6 is 0 Å². The van der Waals surface area contributed by atoms with Crippen LogP contribution in [-0.2, 0) is 6.54 Å². The molecule has 3 aromatic rings. The van der Waals surface area contributed by atoms with E-state index in [9.17, 15) is 9.59 Å². The van der Waals surface area contributed by atoms with Gasteiger partial charge in [0.05, 0.1) is 12.5 Å². The van der Waals surface area contributed by atoms with Crippen molar-refractivity contribution in [2.45, 2.75) is 33.2 Å². The van der Waals surface area contributed by atoms with Gasteiger partial charge in [-0.3, -0.25) is 14.2 Å². The summed E-state index contributed by atoms with van der Waals surface area (Å²) in [6.07, 6.45) is 1.81. The molecule has 0 atom stereocenters. The fourth-order valence-electron chi connectivity index (χ4n) is 2.62. The zero-order valence-corrected chi connectivity index (χ0v) is 13.4. The van der Waals surface area contributed by atoms with Crippen LogP contribution in [0, 0.1) is 6.92 Å². The predicted octanol–water partition coefficient (Wildman–Crippen LogP) is 2.62. The Kier molecular flexibility index (Phi) is 3.90. The zero-order chi connectivity index (χ0) is 16.6. The van der Waals surface area contributed by atoms with Crippen LogP contribution in [0.2, 0.25) is 0 Å². The molecule has 2 aromatic heterocycles. The van der Waals surface area contributed by atoms with Crippen molar-refractivity contribution in [2.75, 3.05) is 7.11 Å². The Morgan fingerprint density at radius 3 is 2.78 bits per heavy atom. The van der Waals surface area contributed by atoms with Gasteiger partial charge in [-0.15, -0.1) is 0 Å². The summed E-state index contributed by atoms with van der Waals surface area (Å²) in [7, 11) is 1.54. The van der Waals surface area contributed by atoms with Gasteiger partial charge in [0.15, 0.2) is 5.39 Å². The van der Waals surface area contributed by atoms with Crippen molar-refractivity contribution >= 4 is 22.1 Å². The van der Waals surface area contributed by atoms with Gasteiger partial charge in [-0.2, -0.15) is 4.98 Å². The summed E-state index contributed by atoms with van der Waals surface area (Å²) < 4.78 is 12.4. The van der Waals surface area contributed by atoms with Gasteiger partial charge in [-0.25, -0.2) is 0 Å². The smallest absolute Gasteiger partial charge is 0.268 e. The molecule has 0 aliphatic carbocycles. The lowest BCUT2D eigenvalue weighted by Crippen LogP contribution is -2.28. The van der Waals surface area contributed by atoms with Gasteiger partial charge in [-0.1, -0.05) is 13.3 Å². The molecule has 0 radical (unpaired) electrons. The van der Waals surface area contributed by atoms with Crippen LogP contribution in [0.5, 0.6) is 5.75 Å². The zero-order valence-electron chi connectivity index (χ0n) is 13.4. The molecule has 23 heavy (non-hydrogen) atoms. The molecule has 1 aromatic carbocycles. The molecule has 3 rings (SSSR count).